The van der Waals surface area contributed by atoms with Crippen LogP contribution in [0.2, 0.25) is 5.02 Å². The second-order valence-corrected chi connectivity index (χ2v) is 5.72. The lowest BCUT2D eigenvalue weighted by Crippen LogP contribution is -2.32. The summed E-state index contributed by atoms with van der Waals surface area (Å²) in [5.41, 5.74) is 5.43. The molecular weight excluding hydrogens is 274 g/mol. The number of nitrogens with two attached hydrogens (primary N) is 1. The fourth-order valence-corrected chi connectivity index (χ4v) is 3.02. The number of sulfonamides is 1. The molecule has 0 bridgehead atoms. The van der Waals surface area contributed by atoms with Gasteiger partial charge < -0.3 is 5.73 Å². The molecule has 0 saturated carbocycles. The zero-order chi connectivity index (χ0) is 13.2. The molecule has 2 N–H and O–H groups in total. The first-order chi connectivity index (χ1) is 7.76. The minimum Gasteiger partial charge on any atom is -0.398 e. The van der Waals surface area contributed by atoms with E-state index in [0.717, 1.165) is 7.05 Å². The maximum Gasteiger partial charge on any atom is 0.252 e. The number of benzene rings is 1. The van der Waals surface area contributed by atoms with E-state index >= 15 is 0 Å². The minimum absolute atomic E-state index is 0.0707. The molecule has 0 heterocycles. The number of nitrogens with zero attached hydrogens (tertiary/aromatic N) is 1. The third-order valence-corrected chi connectivity index (χ3v) is 4.43. The van der Waals surface area contributed by atoms with E-state index in [9.17, 15) is 17.2 Å². The molecule has 0 aromatic heterocycles. The maximum absolute atomic E-state index is 12.2. The van der Waals surface area contributed by atoms with Crippen molar-refractivity contribution in [3.8, 4) is 0 Å². The molecule has 0 fully saturated rings. The first kappa shape index (κ1) is 14.1. The van der Waals surface area contributed by atoms with E-state index in [-0.39, 0.29) is 15.6 Å². The smallest absolute Gasteiger partial charge is 0.252 e. The van der Waals surface area contributed by atoms with Crippen LogP contribution in [0.15, 0.2) is 23.1 Å². The van der Waals surface area contributed by atoms with Crippen molar-refractivity contribution in [2.75, 3.05) is 19.3 Å². The fourth-order valence-electron chi connectivity index (χ4n) is 1.25. The summed E-state index contributed by atoms with van der Waals surface area (Å²) in [6, 6.07) is 4.15. The van der Waals surface area contributed by atoms with Gasteiger partial charge >= 0.3 is 0 Å². The molecule has 0 aliphatic heterocycles. The summed E-state index contributed by atoms with van der Waals surface area (Å²) < 4.78 is 48.7. The quantitative estimate of drug-likeness (QED) is 0.858. The molecular formula is C9H11ClF2N2O2S. The molecule has 8 heteroatoms. The molecule has 0 radical (unpaired) electrons. The van der Waals surface area contributed by atoms with Crippen LogP contribution in [-0.4, -0.2) is 32.7 Å². The normalized spacial score (nSPS) is 12.4. The van der Waals surface area contributed by atoms with Crippen molar-refractivity contribution in [3.63, 3.8) is 0 Å². The van der Waals surface area contributed by atoms with E-state index in [2.05, 4.69) is 0 Å². The van der Waals surface area contributed by atoms with E-state index < -0.39 is 23.0 Å². The summed E-state index contributed by atoms with van der Waals surface area (Å²) in [6.45, 7) is -0.910. The van der Waals surface area contributed by atoms with Gasteiger partial charge in [0.25, 0.3) is 6.43 Å². The highest BCUT2D eigenvalue weighted by atomic mass is 35.5. The summed E-state index contributed by atoms with van der Waals surface area (Å²) in [4.78, 5) is -0.343. The Morgan fingerprint density at radius 1 is 1.47 bits per heavy atom. The Hall–Kier alpha value is -0.920. The van der Waals surface area contributed by atoms with Gasteiger partial charge in [-0.25, -0.2) is 17.2 Å². The minimum atomic E-state index is -4.10. The van der Waals surface area contributed by atoms with Gasteiger partial charge in [-0.15, -0.1) is 0 Å². The van der Waals surface area contributed by atoms with Gasteiger partial charge in [0.15, 0.2) is 0 Å². The molecule has 1 rings (SSSR count). The van der Waals surface area contributed by atoms with Gasteiger partial charge in [-0.3, -0.25) is 0 Å². The second-order valence-electron chi connectivity index (χ2n) is 3.33. The van der Waals surface area contributed by atoms with Crippen molar-refractivity contribution in [1.29, 1.82) is 0 Å². The lowest BCUT2D eigenvalue weighted by atomic mass is 10.3. The van der Waals surface area contributed by atoms with Crippen molar-refractivity contribution in [3.05, 3.63) is 23.2 Å². The SMILES string of the molecule is CN(CC(F)F)S(=O)(=O)c1c(N)cccc1Cl. The van der Waals surface area contributed by atoms with Crippen molar-refractivity contribution in [1.82, 2.24) is 4.31 Å². The van der Waals surface area contributed by atoms with Gasteiger partial charge in [0, 0.05) is 7.05 Å². The lowest BCUT2D eigenvalue weighted by molar-refractivity contribution is 0.126. The van der Waals surface area contributed by atoms with Gasteiger partial charge in [0.05, 0.1) is 17.3 Å². The standard InChI is InChI=1S/C9H11ClF2N2O2S/c1-14(5-8(11)12)17(15,16)9-6(10)3-2-4-7(9)13/h2-4,8H,5,13H2,1H3. The number of halogens is 3. The van der Waals surface area contributed by atoms with E-state index in [0.29, 0.717) is 4.31 Å². The van der Waals surface area contributed by atoms with Crippen LogP contribution in [0.25, 0.3) is 0 Å². The van der Waals surface area contributed by atoms with Gasteiger partial charge in [-0.05, 0) is 12.1 Å². The second kappa shape index (κ2) is 5.16. The predicted molar refractivity (Wildman–Crippen MR) is 61.7 cm³/mol. The summed E-state index contributed by atoms with van der Waals surface area (Å²) in [6.07, 6.45) is -2.77. The number of anilines is 1. The highest BCUT2D eigenvalue weighted by Gasteiger charge is 2.27. The Bertz CT molecular complexity index is 487. The zero-order valence-electron chi connectivity index (χ0n) is 8.90. The third kappa shape index (κ3) is 3.05. The summed E-state index contributed by atoms with van der Waals surface area (Å²) >= 11 is 5.72. The first-order valence-electron chi connectivity index (χ1n) is 4.55. The Morgan fingerprint density at radius 2 is 2.06 bits per heavy atom. The van der Waals surface area contributed by atoms with Crippen LogP contribution in [0.1, 0.15) is 0 Å². The van der Waals surface area contributed by atoms with Crippen LogP contribution in [0.5, 0.6) is 0 Å². The first-order valence-corrected chi connectivity index (χ1v) is 6.37. The Kier molecular flexibility index (Phi) is 4.29. The molecule has 0 atom stereocenters. The Labute approximate surface area is 103 Å². The number of alkyl halides is 2. The van der Waals surface area contributed by atoms with Gasteiger partial charge in [-0.1, -0.05) is 17.7 Å². The molecule has 0 spiro atoms. The summed E-state index contributed by atoms with van der Waals surface area (Å²) in [5.74, 6) is 0. The van der Waals surface area contributed by atoms with E-state index in [1.165, 1.54) is 18.2 Å². The van der Waals surface area contributed by atoms with Crippen molar-refractivity contribution in [2.24, 2.45) is 0 Å². The summed E-state index contributed by atoms with van der Waals surface area (Å²) in [5, 5.41) is -0.0916. The van der Waals surface area contributed by atoms with Crippen LogP contribution in [-0.2, 0) is 10.0 Å². The molecule has 1 aromatic carbocycles. The van der Waals surface area contributed by atoms with Crippen molar-refractivity contribution >= 4 is 27.3 Å². The molecule has 4 nitrogen and oxygen atoms in total. The number of nitrogen functional groups attached to an aromatic ring is 1. The molecule has 0 aliphatic carbocycles. The predicted octanol–water partition coefficient (Wildman–Crippen LogP) is 1.81. The number of hydrogen-bond donors (Lipinski definition) is 1. The van der Waals surface area contributed by atoms with E-state index in [1.54, 1.807) is 0 Å². The topological polar surface area (TPSA) is 63.4 Å². The molecule has 0 saturated heterocycles. The van der Waals surface area contributed by atoms with Crippen LogP contribution in [0.3, 0.4) is 0 Å². The fraction of sp³-hybridized carbons (Fsp3) is 0.333. The molecule has 0 unspecified atom stereocenters. The van der Waals surface area contributed by atoms with Crippen molar-refractivity contribution in [2.45, 2.75) is 11.3 Å². The molecule has 1 aromatic rings. The number of hydrogen-bond acceptors (Lipinski definition) is 3. The molecule has 17 heavy (non-hydrogen) atoms. The van der Waals surface area contributed by atoms with Gasteiger partial charge in [0.1, 0.15) is 4.90 Å². The van der Waals surface area contributed by atoms with Crippen molar-refractivity contribution < 1.29 is 17.2 Å². The number of rotatable bonds is 4. The van der Waals surface area contributed by atoms with E-state index in [1.807, 2.05) is 0 Å². The highest BCUT2D eigenvalue weighted by molar-refractivity contribution is 7.89. The average molecular weight is 285 g/mol. The van der Waals surface area contributed by atoms with Gasteiger partial charge in [-0.2, -0.15) is 4.31 Å². The van der Waals surface area contributed by atoms with Gasteiger partial charge in [0.2, 0.25) is 10.0 Å². The zero-order valence-corrected chi connectivity index (χ0v) is 10.5. The van der Waals surface area contributed by atoms with Crippen LogP contribution >= 0.6 is 11.6 Å². The molecule has 0 amide bonds. The Balaban J connectivity index is 3.22. The van der Waals surface area contributed by atoms with Crippen LogP contribution in [0, 0.1) is 0 Å². The third-order valence-electron chi connectivity index (χ3n) is 2.06. The maximum atomic E-state index is 12.2. The molecule has 0 aliphatic rings. The van der Waals surface area contributed by atoms with E-state index in [4.69, 9.17) is 17.3 Å². The van der Waals surface area contributed by atoms with Crippen LogP contribution in [0.4, 0.5) is 14.5 Å². The lowest BCUT2D eigenvalue weighted by Gasteiger charge is -2.18. The van der Waals surface area contributed by atoms with Crippen LogP contribution < -0.4 is 5.73 Å². The highest BCUT2D eigenvalue weighted by Crippen LogP contribution is 2.29. The average Bonchev–Trinajstić information content (AvgIpc) is 2.15. The monoisotopic (exact) mass is 284 g/mol. The largest absolute Gasteiger partial charge is 0.398 e. The Morgan fingerprint density at radius 3 is 2.53 bits per heavy atom. The summed E-state index contributed by atoms with van der Waals surface area (Å²) in [7, 11) is -3.05. The molecule has 96 valence electrons.